The Labute approximate surface area is 82.6 Å². The highest BCUT2D eigenvalue weighted by Gasteiger charge is 2.50. The van der Waals surface area contributed by atoms with Gasteiger partial charge in [-0.3, -0.25) is 9.59 Å². The zero-order valence-electron chi connectivity index (χ0n) is 8.17. The van der Waals surface area contributed by atoms with E-state index in [1.54, 1.807) is 7.05 Å². The van der Waals surface area contributed by atoms with Crippen LogP contribution in [0.2, 0.25) is 0 Å². The van der Waals surface area contributed by atoms with Gasteiger partial charge in [0.2, 0.25) is 11.8 Å². The first kappa shape index (κ1) is 9.45. The van der Waals surface area contributed by atoms with Crippen molar-refractivity contribution in [1.82, 2.24) is 16.0 Å². The molecule has 78 valence electrons. The van der Waals surface area contributed by atoms with Gasteiger partial charge in [0.1, 0.15) is 0 Å². The van der Waals surface area contributed by atoms with E-state index in [1.165, 1.54) is 0 Å². The molecular weight excluding hydrogens is 182 g/mol. The number of amides is 2. The molecule has 2 heterocycles. The third kappa shape index (κ3) is 1.48. The predicted molar refractivity (Wildman–Crippen MR) is 50.5 cm³/mol. The van der Waals surface area contributed by atoms with Crippen LogP contribution in [0.1, 0.15) is 6.42 Å². The number of fused-ring (bicyclic) bond motifs is 1. The van der Waals surface area contributed by atoms with Gasteiger partial charge in [-0.1, -0.05) is 0 Å². The van der Waals surface area contributed by atoms with Crippen molar-refractivity contribution in [2.24, 2.45) is 11.8 Å². The fourth-order valence-corrected chi connectivity index (χ4v) is 2.25. The van der Waals surface area contributed by atoms with E-state index in [1.807, 2.05) is 0 Å². The summed E-state index contributed by atoms with van der Waals surface area (Å²) in [5, 5.41) is 8.37. The molecule has 1 saturated carbocycles. The Kier molecular flexibility index (Phi) is 2.41. The van der Waals surface area contributed by atoms with Gasteiger partial charge in [-0.05, 0) is 18.9 Å². The molecule has 0 aromatic carbocycles. The van der Waals surface area contributed by atoms with E-state index in [0.717, 1.165) is 13.0 Å². The molecule has 2 bridgehead atoms. The van der Waals surface area contributed by atoms with Crippen molar-refractivity contribution >= 4 is 11.8 Å². The lowest BCUT2D eigenvalue weighted by Gasteiger charge is -2.32. The molecule has 1 aliphatic carbocycles. The summed E-state index contributed by atoms with van der Waals surface area (Å²) in [5.41, 5.74) is 0. The zero-order valence-corrected chi connectivity index (χ0v) is 8.17. The SMILES string of the molecule is CNC(=O)CNC(=O)C1C2CNC1C2. The topological polar surface area (TPSA) is 70.2 Å². The molecule has 3 rings (SSSR count). The van der Waals surface area contributed by atoms with E-state index < -0.39 is 0 Å². The highest BCUT2D eigenvalue weighted by molar-refractivity contribution is 5.87. The smallest absolute Gasteiger partial charge is 0.239 e. The molecule has 0 aromatic rings. The Morgan fingerprint density at radius 2 is 2.29 bits per heavy atom. The van der Waals surface area contributed by atoms with Crippen LogP contribution in [0, 0.1) is 11.8 Å². The van der Waals surface area contributed by atoms with Crippen LogP contribution < -0.4 is 16.0 Å². The van der Waals surface area contributed by atoms with Crippen LogP contribution in [0.3, 0.4) is 0 Å². The van der Waals surface area contributed by atoms with Gasteiger partial charge >= 0.3 is 0 Å². The Morgan fingerprint density at radius 3 is 2.79 bits per heavy atom. The molecule has 3 unspecified atom stereocenters. The van der Waals surface area contributed by atoms with Gasteiger partial charge in [-0.25, -0.2) is 0 Å². The molecule has 3 N–H and O–H groups in total. The van der Waals surface area contributed by atoms with Gasteiger partial charge in [0.05, 0.1) is 12.5 Å². The van der Waals surface area contributed by atoms with Crippen LogP contribution in [0.15, 0.2) is 0 Å². The van der Waals surface area contributed by atoms with Gasteiger partial charge in [0.15, 0.2) is 0 Å². The van der Waals surface area contributed by atoms with Crippen molar-refractivity contribution in [3.63, 3.8) is 0 Å². The summed E-state index contributed by atoms with van der Waals surface area (Å²) in [6.07, 6.45) is 1.11. The fraction of sp³-hybridized carbons (Fsp3) is 0.778. The van der Waals surface area contributed by atoms with Crippen molar-refractivity contribution in [3.05, 3.63) is 0 Å². The average molecular weight is 197 g/mol. The van der Waals surface area contributed by atoms with Crippen LogP contribution in [0.4, 0.5) is 0 Å². The monoisotopic (exact) mass is 197 g/mol. The van der Waals surface area contributed by atoms with Gasteiger partial charge in [0.25, 0.3) is 0 Å². The summed E-state index contributed by atoms with van der Waals surface area (Å²) in [5.74, 6) is 0.446. The van der Waals surface area contributed by atoms with E-state index >= 15 is 0 Å². The maximum atomic E-state index is 11.6. The summed E-state index contributed by atoms with van der Waals surface area (Å²) < 4.78 is 0. The molecule has 0 spiro atoms. The minimum absolute atomic E-state index is 0.0138. The third-order valence-corrected chi connectivity index (χ3v) is 3.15. The standard InChI is InChI=1S/C9H15N3O2/c1-10-7(13)4-12-9(14)8-5-2-6(8)11-3-5/h5-6,8,11H,2-4H2,1H3,(H,10,13)(H,12,14). The van der Waals surface area contributed by atoms with Crippen molar-refractivity contribution in [3.8, 4) is 0 Å². The minimum atomic E-state index is -0.155. The van der Waals surface area contributed by atoms with Gasteiger partial charge in [-0.15, -0.1) is 0 Å². The van der Waals surface area contributed by atoms with Gasteiger partial charge in [0, 0.05) is 13.1 Å². The van der Waals surface area contributed by atoms with E-state index in [2.05, 4.69) is 16.0 Å². The summed E-state index contributed by atoms with van der Waals surface area (Å²) in [6.45, 7) is 1.04. The first-order valence-electron chi connectivity index (χ1n) is 4.94. The van der Waals surface area contributed by atoms with Crippen molar-refractivity contribution in [1.29, 1.82) is 0 Å². The van der Waals surface area contributed by atoms with Crippen LogP contribution in [0.25, 0.3) is 0 Å². The second-order valence-electron chi connectivity index (χ2n) is 3.93. The maximum Gasteiger partial charge on any atom is 0.239 e. The molecular formula is C9H15N3O2. The highest BCUT2D eigenvalue weighted by atomic mass is 16.2. The number of hydrogen-bond acceptors (Lipinski definition) is 3. The van der Waals surface area contributed by atoms with Crippen molar-refractivity contribution < 1.29 is 9.59 Å². The van der Waals surface area contributed by atoms with Crippen LogP contribution >= 0.6 is 0 Å². The lowest BCUT2D eigenvalue weighted by molar-refractivity contribution is -0.131. The number of carbonyl (C=O) groups excluding carboxylic acids is 2. The number of hydrogen-bond donors (Lipinski definition) is 3. The Morgan fingerprint density at radius 1 is 1.50 bits per heavy atom. The number of rotatable bonds is 3. The Hall–Kier alpha value is -1.10. The molecule has 2 amide bonds. The quantitative estimate of drug-likeness (QED) is 0.513. The molecule has 5 nitrogen and oxygen atoms in total. The molecule has 5 heteroatoms. The second-order valence-corrected chi connectivity index (χ2v) is 3.93. The first-order chi connectivity index (χ1) is 6.72. The van der Waals surface area contributed by atoms with E-state index in [-0.39, 0.29) is 24.3 Å². The second kappa shape index (κ2) is 3.57. The summed E-state index contributed by atoms with van der Waals surface area (Å²) in [4.78, 5) is 22.5. The van der Waals surface area contributed by atoms with Crippen LogP contribution in [-0.2, 0) is 9.59 Å². The van der Waals surface area contributed by atoms with Crippen LogP contribution in [-0.4, -0.2) is 38.0 Å². The summed E-state index contributed by atoms with van der Waals surface area (Å²) in [7, 11) is 1.56. The average Bonchev–Trinajstić information content (AvgIpc) is 2.75. The summed E-state index contributed by atoms with van der Waals surface area (Å²) in [6, 6.07) is 0.352. The van der Waals surface area contributed by atoms with Crippen molar-refractivity contribution in [2.75, 3.05) is 20.1 Å². The Bertz CT molecular complexity index is 253. The van der Waals surface area contributed by atoms with E-state index in [0.29, 0.717) is 12.0 Å². The van der Waals surface area contributed by atoms with E-state index in [9.17, 15) is 9.59 Å². The fourth-order valence-electron chi connectivity index (χ4n) is 2.25. The normalized spacial score (nSPS) is 33.4. The third-order valence-electron chi connectivity index (χ3n) is 3.15. The summed E-state index contributed by atoms with van der Waals surface area (Å²) >= 11 is 0. The first-order valence-corrected chi connectivity index (χ1v) is 4.94. The number of likely N-dealkylation sites (N-methyl/N-ethyl adjacent to an activating group) is 1. The van der Waals surface area contributed by atoms with Gasteiger partial charge in [-0.2, -0.15) is 0 Å². The molecule has 0 aromatic heterocycles. The Balaban J connectivity index is 1.77. The van der Waals surface area contributed by atoms with E-state index in [4.69, 9.17) is 0 Å². The number of nitrogens with one attached hydrogen (secondary N) is 3. The lowest BCUT2D eigenvalue weighted by Crippen LogP contribution is -2.49. The van der Waals surface area contributed by atoms with Crippen molar-refractivity contribution in [2.45, 2.75) is 12.5 Å². The minimum Gasteiger partial charge on any atom is -0.358 e. The molecule has 2 aliphatic heterocycles. The molecule has 3 atom stereocenters. The largest absolute Gasteiger partial charge is 0.358 e. The zero-order chi connectivity index (χ0) is 10.1. The number of carbonyl (C=O) groups is 2. The lowest BCUT2D eigenvalue weighted by atomic mass is 9.73. The highest BCUT2D eigenvalue weighted by Crippen LogP contribution is 2.39. The molecule has 14 heavy (non-hydrogen) atoms. The van der Waals surface area contributed by atoms with Gasteiger partial charge < -0.3 is 16.0 Å². The maximum absolute atomic E-state index is 11.6. The molecule has 3 fully saturated rings. The molecule has 2 saturated heterocycles. The van der Waals surface area contributed by atoms with Crippen LogP contribution in [0.5, 0.6) is 0 Å². The molecule has 0 radical (unpaired) electrons. The predicted octanol–water partition coefficient (Wildman–Crippen LogP) is -1.54. The molecule has 3 aliphatic rings.